The van der Waals surface area contributed by atoms with Gasteiger partial charge in [0.25, 0.3) is 0 Å². The van der Waals surface area contributed by atoms with Crippen LogP contribution in [0.15, 0.2) is 48.5 Å². The number of anilines is 1. The van der Waals surface area contributed by atoms with Crippen molar-refractivity contribution in [3.8, 4) is 5.75 Å². The van der Waals surface area contributed by atoms with Crippen LogP contribution in [-0.4, -0.2) is 36.5 Å². The molecule has 4 heteroatoms. The molecule has 0 saturated carbocycles. The summed E-state index contributed by atoms with van der Waals surface area (Å²) in [6.45, 7) is 5.72. The Bertz CT molecular complexity index is 782. The zero-order valence-electron chi connectivity index (χ0n) is 16.1. The lowest BCUT2D eigenvalue weighted by atomic mass is 9.94. The van der Waals surface area contributed by atoms with E-state index in [0.29, 0.717) is 19.1 Å². The van der Waals surface area contributed by atoms with Crippen molar-refractivity contribution in [3.05, 3.63) is 59.7 Å². The van der Waals surface area contributed by atoms with Crippen molar-refractivity contribution in [1.82, 2.24) is 4.90 Å². The molecule has 2 aliphatic heterocycles. The number of amides is 1. The third-order valence-corrected chi connectivity index (χ3v) is 5.70. The number of ether oxygens (including phenoxy) is 1. The monoisotopic (exact) mass is 364 g/mol. The van der Waals surface area contributed by atoms with Crippen molar-refractivity contribution in [1.29, 1.82) is 0 Å². The Kier molecular flexibility index (Phi) is 5.44. The predicted octanol–water partition coefficient (Wildman–Crippen LogP) is 4.03. The van der Waals surface area contributed by atoms with Crippen molar-refractivity contribution < 1.29 is 9.53 Å². The third-order valence-electron chi connectivity index (χ3n) is 5.70. The molecule has 2 aliphatic rings. The van der Waals surface area contributed by atoms with Crippen LogP contribution in [0.2, 0.25) is 0 Å². The van der Waals surface area contributed by atoms with E-state index in [1.807, 2.05) is 19.1 Å². The average Bonchev–Trinajstić information content (AvgIpc) is 2.70. The molecule has 0 spiro atoms. The minimum atomic E-state index is 0.262. The van der Waals surface area contributed by atoms with E-state index in [-0.39, 0.29) is 5.91 Å². The number of hydrogen-bond acceptors (Lipinski definition) is 3. The van der Waals surface area contributed by atoms with Crippen LogP contribution in [0.5, 0.6) is 5.75 Å². The van der Waals surface area contributed by atoms with Crippen LogP contribution < -0.4 is 9.64 Å². The first-order chi connectivity index (χ1) is 13.3. The second kappa shape index (κ2) is 8.13. The highest BCUT2D eigenvalue weighted by Crippen LogP contribution is 2.37. The Morgan fingerprint density at radius 2 is 1.78 bits per heavy atom. The molecule has 1 amide bonds. The van der Waals surface area contributed by atoms with Gasteiger partial charge in [-0.3, -0.25) is 9.69 Å². The highest BCUT2D eigenvalue weighted by atomic mass is 16.5. The minimum absolute atomic E-state index is 0.262. The Hall–Kier alpha value is -2.33. The molecule has 0 unspecified atom stereocenters. The maximum absolute atomic E-state index is 12.8. The van der Waals surface area contributed by atoms with E-state index >= 15 is 0 Å². The number of hydrogen-bond donors (Lipinski definition) is 0. The third kappa shape index (κ3) is 3.86. The first-order valence-corrected chi connectivity index (χ1v) is 10.1. The second-order valence-electron chi connectivity index (χ2n) is 7.44. The van der Waals surface area contributed by atoms with E-state index in [2.05, 4.69) is 46.2 Å². The van der Waals surface area contributed by atoms with Crippen molar-refractivity contribution in [2.45, 2.75) is 45.2 Å². The fraction of sp³-hybridized carbons (Fsp3) is 0.435. The number of piperidine rings is 1. The molecule has 2 aromatic rings. The maximum Gasteiger partial charge on any atom is 0.227 e. The molecule has 0 aliphatic carbocycles. The van der Waals surface area contributed by atoms with E-state index in [1.54, 1.807) is 0 Å². The number of nitrogens with zero attached hydrogens (tertiary/aromatic N) is 2. The van der Waals surface area contributed by atoms with Gasteiger partial charge in [-0.1, -0.05) is 36.4 Å². The van der Waals surface area contributed by atoms with Crippen molar-refractivity contribution >= 4 is 11.6 Å². The van der Waals surface area contributed by atoms with Crippen LogP contribution in [0.3, 0.4) is 0 Å². The van der Waals surface area contributed by atoms with Gasteiger partial charge in [-0.15, -0.1) is 0 Å². The van der Waals surface area contributed by atoms with Crippen molar-refractivity contribution in [2.75, 3.05) is 24.6 Å². The molecule has 2 aromatic carbocycles. The molecule has 0 atom stereocenters. The molecule has 4 rings (SSSR count). The summed E-state index contributed by atoms with van der Waals surface area (Å²) in [6, 6.07) is 17.1. The largest absolute Gasteiger partial charge is 0.494 e. The zero-order chi connectivity index (χ0) is 18.6. The zero-order valence-corrected chi connectivity index (χ0v) is 16.1. The van der Waals surface area contributed by atoms with Crippen LogP contribution in [0, 0.1) is 0 Å². The lowest BCUT2D eigenvalue weighted by molar-refractivity contribution is -0.119. The van der Waals surface area contributed by atoms with Gasteiger partial charge in [0.2, 0.25) is 5.91 Å². The SMILES string of the molecule is CCOc1cccc2c1CCC(=O)N2C1CCN(Cc2ccccc2)CC1. The molecule has 1 fully saturated rings. The summed E-state index contributed by atoms with van der Waals surface area (Å²) in [4.78, 5) is 17.3. The summed E-state index contributed by atoms with van der Waals surface area (Å²) >= 11 is 0. The molecule has 2 heterocycles. The van der Waals surface area contributed by atoms with E-state index in [9.17, 15) is 4.79 Å². The normalized spacial score (nSPS) is 18.4. The van der Waals surface area contributed by atoms with Crippen LogP contribution in [0.25, 0.3) is 0 Å². The molecule has 0 radical (unpaired) electrons. The van der Waals surface area contributed by atoms with Crippen LogP contribution in [-0.2, 0) is 17.8 Å². The van der Waals surface area contributed by atoms with Gasteiger partial charge in [-0.2, -0.15) is 0 Å². The fourth-order valence-electron chi connectivity index (χ4n) is 4.39. The molecule has 0 aromatic heterocycles. The minimum Gasteiger partial charge on any atom is -0.494 e. The van der Waals surface area contributed by atoms with Gasteiger partial charge in [0, 0.05) is 37.7 Å². The van der Waals surface area contributed by atoms with Crippen LogP contribution in [0.4, 0.5) is 5.69 Å². The summed E-state index contributed by atoms with van der Waals surface area (Å²) in [5.41, 5.74) is 3.63. The van der Waals surface area contributed by atoms with E-state index in [1.165, 1.54) is 11.1 Å². The topological polar surface area (TPSA) is 32.8 Å². The molecule has 4 nitrogen and oxygen atoms in total. The molecule has 142 valence electrons. The van der Waals surface area contributed by atoms with Crippen LogP contribution >= 0.6 is 0 Å². The highest BCUT2D eigenvalue weighted by molar-refractivity contribution is 5.97. The molecular formula is C23H28N2O2. The summed E-state index contributed by atoms with van der Waals surface area (Å²) < 4.78 is 5.81. The first-order valence-electron chi connectivity index (χ1n) is 10.1. The Labute approximate surface area is 161 Å². The fourth-order valence-corrected chi connectivity index (χ4v) is 4.39. The predicted molar refractivity (Wildman–Crippen MR) is 108 cm³/mol. The number of carbonyl (C=O) groups excluding carboxylic acids is 1. The summed E-state index contributed by atoms with van der Waals surface area (Å²) in [5.74, 6) is 1.20. The van der Waals surface area contributed by atoms with Gasteiger partial charge < -0.3 is 9.64 Å². The maximum atomic E-state index is 12.8. The number of benzene rings is 2. The molecule has 0 bridgehead atoms. The summed E-state index contributed by atoms with van der Waals surface area (Å²) in [7, 11) is 0. The smallest absolute Gasteiger partial charge is 0.227 e. The van der Waals surface area contributed by atoms with Gasteiger partial charge in [0.1, 0.15) is 5.75 Å². The molecular weight excluding hydrogens is 336 g/mol. The number of fused-ring (bicyclic) bond motifs is 1. The lowest BCUT2D eigenvalue weighted by Crippen LogP contribution is -2.49. The van der Waals surface area contributed by atoms with E-state index in [4.69, 9.17) is 4.74 Å². The Morgan fingerprint density at radius 1 is 1.00 bits per heavy atom. The number of rotatable bonds is 5. The van der Waals surface area contributed by atoms with Crippen molar-refractivity contribution in [3.63, 3.8) is 0 Å². The van der Waals surface area contributed by atoms with Gasteiger partial charge >= 0.3 is 0 Å². The summed E-state index contributed by atoms with van der Waals surface area (Å²) in [5, 5.41) is 0. The first kappa shape index (κ1) is 18.1. The van der Waals surface area contributed by atoms with Crippen molar-refractivity contribution in [2.24, 2.45) is 0 Å². The van der Waals surface area contributed by atoms with Crippen LogP contribution in [0.1, 0.15) is 37.3 Å². The van der Waals surface area contributed by atoms with E-state index in [0.717, 1.165) is 50.3 Å². The molecule has 27 heavy (non-hydrogen) atoms. The Morgan fingerprint density at radius 3 is 2.52 bits per heavy atom. The number of likely N-dealkylation sites (tertiary alicyclic amines) is 1. The van der Waals surface area contributed by atoms with Gasteiger partial charge in [-0.25, -0.2) is 0 Å². The van der Waals surface area contributed by atoms with Gasteiger partial charge in [0.05, 0.1) is 12.3 Å². The van der Waals surface area contributed by atoms with Gasteiger partial charge in [-0.05, 0) is 43.9 Å². The lowest BCUT2D eigenvalue weighted by Gasteiger charge is -2.41. The summed E-state index contributed by atoms with van der Waals surface area (Å²) in [6.07, 6.45) is 3.42. The standard InChI is InChI=1S/C23H28N2O2/c1-2-27-22-10-6-9-21-20(22)11-12-23(26)25(21)19-13-15-24(16-14-19)17-18-7-4-3-5-8-18/h3-10,19H,2,11-17H2,1H3. The second-order valence-corrected chi connectivity index (χ2v) is 7.44. The highest BCUT2D eigenvalue weighted by Gasteiger charge is 2.33. The van der Waals surface area contributed by atoms with E-state index < -0.39 is 0 Å². The number of carbonyl (C=O) groups is 1. The Balaban J connectivity index is 1.47. The van der Waals surface area contributed by atoms with Gasteiger partial charge in [0.15, 0.2) is 0 Å². The molecule has 1 saturated heterocycles. The molecule has 0 N–H and O–H groups in total. The quantitative estimate of drug-likeness (QED) is 0.803. The average molecular weight is 364 g/mol.